The van der Waals surface area contributed by atoms with Crippen molar-refractivity contribution in [1.82, 2.24) is 4.90 Å². The molecule has 1 saturated carbocycles. The normalized spacial score (nSPS) is 39.4. The van der Waals surface area contributed by atoms with Crippen LogP contribution in [0.3, 0.4) is 0 Å². The molecule has 0 bridgehead atoms. The van der Waals surface area contributed by atoms with Gasteiger partial charge in [0, 0.05) is 19.2 Å². The SMILES string of the molecule is COC1CCCC1N1CCCC1CO. The van der Waals surface area contributed by atoms with E-state index in [4.69, 9.17) is 4.74 Å². The first-order valence-electron chi connectivity index (χ1n) is 5.76. The van der Waals surface area contributed by atoms with E-state index >= 15 is 0 Å². The summed E-state index contributed by atoms with van der Waals surface area (Å²) in [5.41, 5.74) is 0. The number of nitrogens with zero attached hydrogens (tertiary/aromatic N) is 1. The minimum Gasteiger partial charge on any atom is -0.395 e. The van der Waals surface area contributed by atoms with Gasteiger partial charge in [-0.2, -0.15) is 0 Å². The molecule has 1 heterocycles. The Morgan fingerprint density at radius 1 is 1.29 bits per heavy atom. The third-order valence-corrected chi connectivity index (χ3v) is 3.78. The number of rotatable bonds is 3. The van der Waals surface area contributed by atoms with Gasteiger partial charge >= 0.3 is 0 Å². The van der Waals surface area contributed by atoms with Crippen LogP contribution < -0.4 is 0 Å². The lowest BCUT2D eigenvalue weighted by Crippen LogP contribution is -2.45. The van der Waals surface area contributed by atoms with Gasteiger partial charge in [-0.3, -0.25) is 4.90 Å². The van der Waals surface area contributed by atoms with Gasteiger partial charge in [-0.05, 0) is 38.6 Å². The average Bonchev–Trinajstić information content (AvgIpc) is 2.85. The number of hydrogen-bond donors (Lipinski definition) is 1. The molecule has 0 aromatic heterocycles. The summed E-state index contributed by atoms with van der Waals surface area (Å²) in [4.78, 5) is 2.47. The Morgan fingerprint density at radius 3 is 2.86 bits per heavy atom. The number of aliphatic hydroxyl groups is 1. The van der Waals surface area contributed by atoms with Crippen molar-refractivity contribution in [3.63, 3.8) is 0 Å². The Kier molecular flexibility index (Phi) is 3.42. The van der Waals surface area contributed by atoms with E-state index in [0.717, 1.165) is 13.0 Å². The zero-order valence-corrected chi connectivity index (χ0v) is 8.98. The second kappa shape index (κ2) is 4.60. The number of likely N-dealkylation sites (tertiary alicyclic amines) is 1. The fraction of sp³-hybridized carbons (Fsp3) is 1.00. The third-order valence-electron chi connectivity index (χ3n) is 3.78. The van der Waals surface area contributed by atoms with Gasteiger partial charge in [0.15, 0.2) is 0 Å². The molecule has 2 rings (SSSR count). The van der Waals surface area contributed by atoms with Crippen molar-refractivity contribution in [2.24, 2.45) is 0 Å². The zero-order chi connectivity index (χ0) is 9.97. The Hall–Kier alpha value is -0.120. The Balaban J connectivity index is 1.98. The predicted octanol–water partition coefficient (Wildman–Crippen LogP) is 1.01. The van der Waals surface area contributed by atoms with Gasteiger partial charge in [-0.15, -0.1) is 0 Å². The number of ether oxygens (including phenoxy) is 1. The van der Waals surface area contributed by atoms with Gasteiger partial charge < -0.3 is 9.84 Å². The van der Waals surface area contributed by atoms with Crippen molar-refractivity contribution in [3.8, 4) is 0 Å². The highest BCUT2D eigenvalue weighted by Crippen LogP contribution is 2.31. The number of methoxy groups -OCH3 is 1. The molecule has 0 spiro atoms. The molecular weight excluding hydrogens is 178 g/mol. The maximum Gasteiger partial charge on any atom is 0.0726 e. The van der Waals surface area contributed by atoms with Crippen LogP contribution in [0.1, 0.15) is 32.1 Å². The largest absolute Gasteiger partial charge is 0.395 e. The van der Waals surface area contributed by atoms with Crippen LogP contribution >= 0.6 is 0 Å². The summed E-state index contributed by atoms with van der Waals surface area (Å²) in [6, 6.07) is 0.968. The van der Waals surface area contributed by atoms with Crippen molar-refractivity contribution >= 4 is 0 Å². The second-order valence-electron chi connectivity index (χ2n) is 4.49. The minimum absolute atomic E-state index is 0.312. The lowest BCUT2D eigenvalue weighted by molar-refractivity contribution is 0.0171. The molecule has 3 nitrogen and oxygen atoms in total. The fourth-order valence-corrected chi connectivity index (χ4v) is 3.05. The lowest BCUT2D eigenvalue weighted by Gasteiger charge is -2.32. The highest BCUT2D eigenvalue weighted by Gasteiger charge is 2.37. The molecule has 1 aliphatic heterocycles. The zero-order valence-electron chi connectivity index (χ0n) is 8.98. The van der Waals surface area contributed by atoms with Crippen LogP contribution in [-0.2, 0) is 4.74 Å². The molecule has 1 aliphatic carbocycles. The summed E-state index contributed by atoms with van der Waals surface area (Å²) in [6.07, 6.45) is 6.51. The van der Waals surface area contributed by atoms with Crippen molar-refractivity contribution in [2.75, 3.05) is 20.3 Å². The van der Waals surface area contributed by atoms with Gasteiger partial charge in [0.2, 0.25) is 0 Å². The van der Waals surface area contributed by atoms with Gasteiger partial charge in [0.05, 0.1) is 12.7 Å². The summed E-state index contributed by atoms with van der Waals surface area (Å²) >= 11 is 0. The minimum atomic E-state index is 0.312. The molecule has 0 radical (unpaired) electrons. The summed E-state index contributed by atoms with van der Waals surface area (Å²) in [5, 5.41) is 9.27. The molecule has 2 fully saturated rings. The summed E-state index contributed by atoms with van der Waals surface area (Å²) < 4.78 is 5.51. The molecule has 3 unspecified atom stereocenters. The van der Waals surface area contributed by atoms with E-state index in [1.807, 2.05) is 7.11 Å². The second-order valence-corrected chi connectivity index (χ2v) is 4.49. The Morgan fingerprint density at radius 2 is 2.14 bits per heavy atom. The molecule has 0 amide bonds. The maximum absolute atomic E-state index is 9.27. The van der Waals surface area contributed by atoms with Gasteiger partial charge in [0.1, 0.15) is 0 Å². The van der Waals surface area contributed by atoms with Crippen molar-refractivity contribution < 1.29 is 9.84 Å². The first kappa shape index (κ1) is 10.4. The van der Waals surface area contributed by atoms with Crippen LogP contribution in [0.5, 0.6) is 0 Å². The van der Waals surface area contributed by atoms with E-state index in [0.29, 0.717) is 24.8 Å². The molecule has 14 heavy (non-hydrogen) atoms. The third kappa shape index (κ3) is 1.81. The van der Waals surface area contributed by atoms with Gasteiger partial charge in [-0.1, -0.05) is 0 Å². The highest BCUT2D eigenvalue weighted by atomic mass is 16.5. The van der Waals surface area contributed by atoms with Crippen molar-refractivity contribution in [2.45, 2.75) is 50.3 Å². The first-order valence-corrected chi connectivity index (χ1v) is 5.76. The molecule has 0 aromatic carbocycles. The van der Waals surface area contributed by atoms with E-state index in [-0.39, 0.29) is 0 Å². The molecule has 3 heteroatoms. The molecule has 2 aliphatic rings. The van der Waals surface area contributed by atoms with Crippen LogP contribution in [-0.4, -0.2) is 48.5 Å². The average molecular weight is 199 g/mol. The van der Waals surface area contributed by atoms with E-state index in [2.05, 4.69) is 4.90 Å². The summed E-state index contributed by atoms with van der Waals surface area (Å²) in [7, 11) is 1.81. The smallest absolute Gasteiger partial charge is 0.0726 e. The molecule has 0 aromatic rings. The monoisotopic (exact) mass is 199 g/mol. The van der Waals surface area contributed by atoms with Gasteiger partial charge in [0.25, 0.3) is 0 Å². The van der Waals surface area contributed by atoms with Crippen molar-refractivity contribution in [1.29, 1.82) is 0 Å². The molecule has 3 atom stereocenters. The first-order chi connectivity index (χ1) is 6.86. The van der Waals surface area contributed by atoms with Crippen LogP contribution in [0.25, 0.3) is 0 Å². The van der Waals surface area contributed by atoms with Crippen molar-refractivity contribution in [3.05, 3.63) is 0 Å². The predicted molar refractivity (Wildman–Crippen MR) is 55.2 cm³/mol. The molecule has 1 saturated heterocycles. The van der Waals surface area contributed by atoms with E-state index < -0.39 is 0 Å². The quantitative estimate of drug-likeness (QED) is 0.736. The standard InChI is InChI=1S/C11H21NO2/c1-14-11-6-2-5-10(11)12-7-3-4-9(12)8-13/h9-11,13H,2-8H2,1H3. The van der Waals surface area contributed by atoms with Crippen LogP contribution in [0.15, 0.2) is 0 Å². The van der Waals surface area contributed by atoms with Crippen LogP contribution in [0.4, 0.5) is 0 Å². The number of hydrogen-bond acceptors (Lipinski definition) is 3. The van der Waals surface area contributed by atoms with Crippen LogP contribution in [0, 0.1) is 0 Å². The van der Waals surface area contributed by atoms with Crippen LogP contribution in [0.2, 0.25) is 0 Å². The Bertz CT molecular complexity index is 166. The summed E-state index contributed by atoms with van der Waals surface area (Å²) in [5.74, 6) is 0. The fourth-order valence-electron chi connectivity index (χ4n) is 3.05. The number of aliphatic hydroxyl groups excluding tert-OH is 1. The van der Waals surface area contributed by atoms with E-state index in [9.17, 15) is 5.11 Å². The Labute approximate surface area is 86.0 Å². The highest BCUT2D eigenvalue weighted by molar-refractivity contribution is 4.92. The van der Waals surface area contributed by atoms with E-state index in [1.54, 1.807) is 0 Å². The van der Waals surface area contributed by atoms with E-state index in [1.165, 1.54) is 25.7 Å². The topological polar surface area (TPSA) is 32.7 Å². The molecular formula is C11H21NO2. The maximum atomic E-state index is 9.27. The molecule has 1 N–H and O–H groups in total. The molecule has 82 valence electrons. The lowest BCUT2D eigenvalue weighted by atomic mass is 10.1. The summed E-state index contributed by atoms with van der Waals surface area (Å²) in [6.45, 7) is 1.46. The van der Waals surface area contributed by atoms with Gasteiger partial charge in [-0.25, -0.2) is 0 Å².